The molecule has 5 nitrogen and oxygen atoms in total. The highest BCUT2D eigenvalue weighted by atomic mass is 35.5. The molecule has 2 aromatic heterocycles. The van der Waals surface area contributed by atoms with Gasteiger partial charge in [0.15, 0.2) is 5.76 Å². The van der Waals surface area contributed by atoms with Crippen LogP contribution in [0.25, 0.3) is 17.1 Å². The van der Waals surface area contributed by atoms with Gasteiger partial charge in [0.2, 0.25) is 0 Å². The summed E-state index contributed by atoms with van der Waals surface area (Å²) in [6.45, 7) is 3.81. The molecule has 29 heavy (non-hydrogen) atoms. The van der Waals surface area contributed by atoms with E-state index in [0.29, 0.717) is 27.9 Å². The summed E-state index contributed by atoms with van der Waals surface area (Å²) >= 11 is 6.38. The number of nitrogens with zero attached hydrogens (tertiary/aromatic N) is 2. The van der Waals surface area contributed by atoms with Crippen molar-refractivity contribution in [3.8, 4) is 17.1 Å². The van der Waals surface area contributed by atoms with E-state index in [2.05, 4.69) is 10.4 Å². The summed E-state index contributed by atoms with van der Waals surface area (Å²) in [6.07, 6.45) is 0. The summed E-state index contributed by atoms with van der Waals surface area (Å²) < 4.78 is 7.25. The third-order valence-corrected chi connectivity index (χ3v) is 4.98. The first-order chi connectivity index (χ1) is 14.0. The Morgan fingerprint density at radius 1 is 1.07 bits per heavy atom. The van der Waals surface area contributed by atoms with Crippen LogP contribution in [0.3, 0.4) is 0 Å². The molecule has 2 heterocycles. The number of para-hydroxylation sites is 1. The fourth-order valence-electron chi connectivity index (χ4n) is 3.14. The van der Waals surface area contributed by atoms with Crippen molar-refractivity contribution in [3.63, 3.8) is 0 Å². The molecule has 0 fully saturated rings. The molecule has 0 aliphatic rings. The zero-order valence-electron chi connectivity index (χ0n) is 16.1. The van der Waals surface area contributed by atoms with Gasteiger partial charge in [0.1, 0.15) is 17.1 Å². The van der Waals surface area contributed by atoms with Crippen LogP contribution in [0.4, 0.5) is 0 Å². The van der Waals surface area contributed by atoms with Crippen LogP contribution in [0.5, 0.6) is 0 Å². The van der Waals surface area contributed by atoms with Gasteiger partial charge in [-0.2, -0.15) is 5.10 Å². The molecule has 0 radical (unpaired) electrons. The normalized spacial score (nSPS) is 12.0. The maximum absolute atomic E-state index is 13.1. The summed E-state index contributed by atoms with van der Waals surface area (Å²) in [4.78, 5) is 13.1. The van der Waals surface area contributed by atoms with E-state index in [9.17, 15) is 4.79 Å². The Morgan fingerprint density at radius 3 is 2.48 bits per heavy atom. The molecule has 0 aliphatic carbocycles. The van der Waals surface area contributed by atoms with Crippen LogP contribution < -0.4 is 5.32 Å². The van der Waals surface area contributed by atoms with E-state index in [1.807, 2.05) is 74.5 Å². The monoisotopic (exact) mass is 405 g/mol. The van der Waals surface area contributed by atoms with E-state index in [0.717, 1.165) is 11.3 Å². The molecule has 4 aromatic rings. The van der Waals surface area contributed by atoms with Gasteiger partial charge in [-0.15, -0.1) is 0 Å². The largest absolute Gasteiger partial charge is 0.460 e. The molecule has 0 spiro atoms. The van der Waals surface area contributed by atoms with Gasteiger partial charge in [-0.25, -0.2) is 4.68 Å². The smallest absolute Gasteiger partial charge is 0.270 e. The molecule has 1 atom stereocenters. The van der Waals surface area contributed by atoms with Crippen LogP contribution in [0.2, 0.25) is 5.02 Å². The first-order valence-electron chi connectivity index (χ1n) is 9.30. The Balaban J connectivity index is 1.73. The van der Waals surface area contributed by atoms with Crippen LogP contribution in [-0.2, 0) is 0 Å². The van der Waals surface area contributed by atoms with Crippen molar-refractivity contribution in [2.75, 3.05) is 0 Å². The summed E-state index contributed by atoms with van der Waals surface area (Å²) in [6, 6.07) is 22.3. The molecule has 1 N–H and O–H groups in total. The standard InChI is InChI=1S/C23H20ClN3O2/c1-15-12-13-22(29-15)19-14-21(27(26-19)20-11-7-6-10-18(20)24)23(28)25-16(2)17-8-4-3-5-9-17/h3-14,16H,1-2H3,(H,25,28)/t16-/m0/s1. The Hall–Kier alpha value is -3.31. The average molecular weight is 406 g/mol. The van der Waals surface area contributed by atoms with Crippen LogP contribution >= 0.6 is 11.6 Å². The highest BCUT2D eigenvalue weighted by Crippen LogP contribution is 2.27. The maximum Gasteiger partial charge on any atom is 0.270 e. The average Bonchev–Trinajstić information content (AvgIpc) is 3.35. The van der Waals surface area contributed by atoms with Crippen molar-refractivity contribution in [2.45, 2.75) is 19.9 Å². The predicted molar refractivity (Wildman–Crippen MR) is 113 cm³/mol. The number of aryl methyl sites for hydroxylation is 1. The number of nitrogens with one attached hydrogen (secondary N) is 1. The summed E-state index contributed by atoms with van der Waals surface area (Å²) in [5.74, 6) is 1.12. The summed E-state index contributed by atoms with van der Waals surface area (Å²) in [5, 5.41) is 8.14. The minimum atomic E-state index is -0.247. The number of carbonyl (C=O) groups excluding carboxylic acids is 1. The van der Waals surface area contributed by atoms with E-state index in [1.54, 1.807) is 16.8 Å². The molecule has 6 heteroatoms. The Labute approximate surface area is 173 Å². The quantitative estimate of drug-likeness (QED) is 0.471. The predicted octanol–water partition coefficient (Wildman–Crippen LogP) is 5.59. The van der Waals surface area contributed by atoms with Gasteiger partial charge in [0.05, 0.1) is 16.8 Å². The highest BCUT2D eigenvalue weighted by Gasteiger charge is 2.21. The van der Waals surface area contributed by atoms with Crippen molar-refractivity contribution in [2.24, 2.45) is 0 Å². The van der Waals surface area contributed by atoms with Gasteiger partial charge in [0.25, 0.3) is 5.91 Å². The molecular formula is C23H20ClN3O2. The Morgan fingerprint density at radius 2 is 1.79 bits per heavy atom. The van der Waals surface area contributed by atoms with E-state index in [1.165, 1.54) is 0 Å². The number of halogens is 1. The number of hydrogen-bond acceptors (Lipinski definition) is 3. The molecule has 0 saturated heterocycles. The van der Waals surface area contributed by atoms with Gasteiger partial charge < -0.3 is 9.73 Å². The van der Waals surface area contributed by atoms with E-state index in [4.69, 9.17) is 16.0 Å². The molecule has 4 rings (SSSR count). The third-order valence-electron chi connectivity index (χ3n) is 4.66. The van der Waals surface area contributed by atoms with Crippen molar-refractivity contribution in [3.05, 3.63) is 94.8 Å². The van der Waals surface area contributed by atoms with Gasteiger partial charge in [-0.1, -0.05) is 54.1 Å². The van der Waals surface area contributed by atoms with E-state index >= 15 is 0 Å². The van der Waals surface area contributed by atoms with Crippen LogP contribution in [0.1, 0.15) is 34.8 Å². The molecule has 0 bridgehead atoms. The lowest BCUT2D eigenvalue weighted by Crippen LogP contribution is -2.28. The lowest BCUT2D eigenvalue weighted by atomic mass is 10.1. The number of rotatable bonds is 5. The Kier molecular flexibility index (Phi) is 5.23. The molecule has 0 unspecified atom stereocenters. The topological polar surface area (TPSA) is 60.1 Å². The molecule has 146 valence electrons. The lowest BCUT2D eigenvalue weighted by molar-refractivity contribution is 0.0932. The first kappa shape index (κ1) is 19.0. The van der Waals surface area contributed by atoms with Gasteiger partial charge in [-0.3, -0.25) is 4.79 Å². The number of amides is 1. The van der Waals surface area contributed by atoms with Crippen molar-refractivity contribution < 1.29 is 9.21 Å². The highest BCUT2D eigenvalue weighted by molar-refractivity contribution is 6.32. The lowest BCUT2D eigenvalue weighted by Gasteiger charge is -2.15. The number of furan rings is 1. The molecule has 1 amide bonds. The third kappa shape index (κ3) is 3.96. The fourth-order valence-corrected chi connectivity index (χ4v) is 3.35. The SMILES string of the molecule is Cc1ccc(-c2cc(C(=O)N[C@@H](C)c3ccccc3)n(-c3ccccc3Cl)n2)o1. The Bertz CT molecular complexity index is 1150. The minimum absolute atomic E-state index is 0.160. The molecule has 2 aromatic carbocycles. The fraction of sp³-hybridized carbons (Fsp3) is 0.130. The summed E-state index contributed by atoms with van der Waals surface area (Å²) in [7, 11) is 0. The van der Waals surface area contributed by atoms with Crippen molar-refractivity contribution in [1.29, 1.82) is 0 Å². The first-order valence-corrected chi connectivity index (χ1v) is 9.68. The van der Waals surface area contributed by atoms with Gasteiger partial charge >= 0.3 is 0 Å². The van der Waals surface area contributed by atoms with Crippen molar-refractivity contribution >= 4 is 17.5 Å². The van der Waals surface area contributed by atoms with Crippen LogP contribution in [0, 0.1) is 6.92 Å². The number of benzene rings is 2. The minimum Gasteiger partial charge on any atom is -0.460 e. The number of aromatic nitrogens is 2. The van der Waals surface area contributed by atoms with Crippen molar-refractivity contribution in [1.82, 2.24) is 15.1 Å². The molecular weight excluding hydrogens is 386 g/mol. The second-order valence-corrected chi connectivity index (χ2v) is 7.20. The van der Waals surface area contributed by atoms with Gasteiger partial charge in [-0.05, 0) is 43.7 Å². The molecule has 0 saturated carbocycles. The molecule has 0 aliphatic heterocycles. The second kappa shape index (κ2) is 7.97. The number of carbonyl (C=O) groups is 1. The van der Waals surface area contributed by atoms with Crippen LogP contribution in [-0.4, -0.2) is 15.7 Å². The van der Waals surface area contributed by atoms with Crippen LogP contribution in [0.15, 0.2) is 77.2 Å². The second-order valence-electron chi connectivity index (χ2n) is 6.79. The van der Waals surface area contributed by atoms with Gasteiger partial charge in [0, 0.05) is 6.07 Å². The van der Waals surface area contributed by atoms with E-state index in [-0.39, 0.29) is 11.9 Å². The number of hydrogen-bond donors (Lipinski definition) is 1. The summed E-state index contributed by atoms with van der Waals surface area (Å²) in [5.41, 5.74) is 2.59. The van der Waals surface area contributed by atoms with E-state index < -0.39 is 0 Å². The zero-order valence-corrected chi connectivity index (χ0v) is 16.9. The zero-order chi connectivity index (χ0) is 20.4. The maximum atomic E-state index is 13.1.